The lowest BCUT2D eigenvalue weighted by atomic mass is 10.3. The summed E-state index contributed by atoms with van der Waals surface area (Å²) in [4.78, 5) is 15.0. The second-order valence-corrected chi connectivity index (χ2v) is 1.91. The first-order valence-corrected chi connectivity index (χ1v) is 3.32. The van der Waals surface area contributed by atoms with Crippen LogP contribution >= 0.6 is 0 Å². The molecule has 4 nitrogen and oxygen atoms in total. The molecule has 0 saturated carbocycles. The first-order chi connectivity index (χ1) is 5.20. The number of hydrogen-bond acceptors (Lipinski definition) is 3. The summed E-state index contributed by atoms with van der Waals surface area (Å²) < 4.78 is 0. The van der Waals surface area contributed by atoms with Crippen LogP contribution in [0.2, 0.25) is 0 Å². The molecular weight excluding hydrogens is 144 g/mol. The number of oxime groups is 1. The highest BCUT2D eigenvalue weighted by molar-refractivity contribution is 5.81. The molecule has 62 valence electrons. The van der Waals surface area contributed by atoms with Gasteiger partial charge in [0.25, 0.3) is 0 Å². The van der Waals surface area contributed by atoms with E-state index in [1.165, 1.54) is 6.20 Å². The summed E-state index contributed by atoms with van der Waals surface area (Å²) in [6, 6.07) is 0. The lowest BCUT2D eigenvalue weighted by Crippen LogP contribution is -2.15. The van der Waals surface area contributed by atoms with Gasteiger partial charge in [0.05, 0.1) is 5.71 Å². The molecule has 4 heteroatoms. The maximum absolute atomic E-state index is 10.6. The Labute approximate surface area is 65.9 Å². The number of amides is 1. The highest BCUT2D eigenvalue weighted by atomic mass is 16.7. The van der Waals surface area contributed by atoms with Crippen molar-refractivity contribution in [2.45, 2.75) is 20.3 Å². The minimum absolute atomic E-state index is 0.618. The van der Waals surface area contributed by atoms with Crippen LogP contribution in [0, 0.1) is 0 Å². The van der Waals surface area contributed by atoms with Crippen molar-refractivity contribution in [2.75, 3.05) is 0 Å². The molecule has 0 aliphatic carbocycles. The topological polar surface area (TPSA) is 50.7 Å². The third kappa shape index (κ3) is 5.14. The first kappa shape index (κ1) is 9.68. The summed E-state index contributed by atoms with van der Waals surface area (Å²) in [5.41, 5.74) is 0.768. The van der Waals surface area contributed by atoms with E-state index in [9.17, 15) is 4.79 Å². The van der Waals surface area contributed by atoms with Crippen molar-refractivity contribution >= 4 is 11.8 Å². The van der Waals surface area contributed by atoms with Gasteiger partial charge in [-0.3, -0.25) is 10.2 Å². The summed E-state index contributed by atoms with van der Waals surface area (Å²) in [5.74, 6) is 0. The lowest BCUT2D eigenvalue weighted by Gasteiger charge is -1.96. The fraction of sp³-hybridized carbons (Fsp3) is 0.429. The van der Waals surface area contributed by atoms with Crippen molar-refractivity contribution in [1.82, 2.24) is 5.32 Å². The van der Waals surface area contributed by atoms with Crippen LogP contribution in [0.25, 0.3) is 0 Å². The summed E-state index contributed by atoms with van der Waals surface area (Å²) in [7, 11) is 0. The van der Waals surface area contributed by atoms with E-state index < -0.39 is 6.09 Å². The Morgan fingerprint density at radius 2 is 2.45 bits per heavy atom. The smallest absolute Gasteiger partial charge is 0.298 e. The predicted molar refractivity (Wildman–Crippen MR) is 43.2 cm³/mol. The van der Waals surface area contributed by atoms with Crippen molar-refractivity contribution in [3.05, 3.63) is 12.8 Å². The van der Waals surface area contributed by atoms with Gasteiger partial charge in [0.15, 0.2) is 0 Å². The third-order valence-corrected chi connectivity index (χ3v) is 1.02. The minimum atomic E-state index is -0.618. The van der Waals surface area contributed by atoms with Crippen LogP contribution in [0.5, 0.6) is 0 Å². The average molecular weight is 156 g/mol. The summed E-state index contributed by atoms with van der Waals surface area (Å²) in [6.45, 7) is 6.99. The normalized spacial score (nSPS) is 10.5. The molecule has 0 aromatic carbocycles. The van der Waals surface area contributed by atoms with Crippen LogP contribution in [-0.4, -0.2) is 11.8 Å². The summed E-state index contributed by atoms with van der Waals surface area (Å²) in [6.07, 6.45) is 1.38. The Balaban J connectivity index is 3.68. The van der Waals surface area contributed by atoms with Gasteiger partial charge < -0.3 is 0 Å². The number of hydrogen-bond donors (Lipinski definition) is 1. The number of carbonyl (C=O) groups is 1. The monoisotopic (exact) mass is 156 g/mol. The van der Waals surface area contributed by atoms with Gasteiger partial charge in [-0.15, -0.1) is 0 Å². The number of carbonyl (C=O) groups excluding carboxylic acids is 1. The molecule has 11 heavy (non-hydrogen) atoms. The maximum atomic E-state index is 10.6. The summed E-state index contributed by atoms with van der Waals surface area (Å²) in [5, 5.41) is 5.74. The van der Waals surface area contributed by atoms with Gasteiger partial charge in [-0.1, -0.05) is 18.7 Å². The molecule has 0 aliphatic rings. The van der Waals surface area contributed by atoms with E-state index in [-0.39, 0.29) is 0 Å². The van der Waals surface area contributed by atoms with E-state index >= 15 is 0 Å². The number of nitrogens with zero attached hydrogens (tertiary/aromatic N) is 1. The second kappa shape index (κ2) is 5.46. The highest BCUT2D eigenvalue weighted by Gasteiger charge is 1.95. The van der Waals surface area contributed by atoms with Crippen LogP contribution in [0.4, 0.5) is 4.79 Å². The van der Waals surface area contributed by atoms with Crippen molar-refractivity contribution in [2.24, 2.45) is 5.16 Å². The third-order valence-electron chi connectivity index (χ3n) is 1.02. The van der Waals surface area contributed by atoms with E-state index in [1.807, 2.05) is 6.92 Å². The van der Waals surface area contributed by atoms with Gasteiger partial charge in [0.1, 0.15) is 0 Å². The standard InChI is InChI=1S/C7H12N2O2/c1-4-6(3)9-11-7(10)8-5-2/h5H,2,4H2,1,3H3,(H,8,10)/b9-6-. The average Bonchev–Trinajstić information content (AvgIpc) is 2.01. The molecule has 0 fully saturated rings. The number of nitrogens with one attached hydrogen (secondary N) is 1. The highest BCUT2D eigenvalue weighted by Crippen LogP contribution is 1.86. The molecule has 0 rings (SSSR count). The predicted octanol–water partition coefficient (Wildman–Crippen LogP) is 1.64. The van der Waals surface area contributed by atoms with Crippen LogP contribution in [0.1, 0.15) is 20.3 Å². The molecule has 0 aromatic heterocycles. The zero-order valence-corrected chi connectivity index (χ0v) is 6.76. The Morgan fingerprint density at radius 1 is 1.82 bits per heavy atom. The minimum Gasteiger partial charge on any atom is -0.298 e. The van der Waals surface area contributed by atoms with Gasteiger partial charge in [-0.05, 0) is 13.3 Å². The van der Waals surface area contributed by atoms with Crippen LogP contribution < -0.4 is 5.32 Å². The van der Waals surface area contributed by atoms with Crippen LogP contribution in [0.15, 0.2) is 17.9 Å². The van der Waals surface area contributed by atoms with E-state index in [1.54, 1.807) is 6.92 Å². The Bertz CT molecular complexity index is 175. The molecule has 0 aliphatic heterocycles. The SMILES string of the molecule is C=CNC(=O)O/N=C(/C)CC. The molecule has 0 heterocycles. The molecular formula is C7H12N2O2. The molecule has 0 saturated heterocycles. The van der Waals surface area contributed by atoms with Crippen molar-refractivity contribution < 1.29 is 9.63 Å². The zero-order valence-electron chi connectivity index (χ0n) is 6.76. The molecule has 0 radical (unpaired) electrons. The van der Waals surface area contributed by atoms with Crippen molar-refractivity contribution in [3.63, 3.8) is 0 Å². The number of rotatable bonds is 3. The fourth-order valence-electron chi connectivity index (χ4n) is 0.294. The Hall–Kier alpha value is -1.32. The van der Waals surface area contributed by atoms with Gasteiger partial charge in [0, 0.05) is 6.20 Å². The van der Waals surface area contributed by atoms with E-state index in [0.29, 0.717) is 0 Å². The van der Waals surface area contributed by atoms with E-state index in [0.717, 1.165) is 12.1 Å². The zero-order chi connectivity index (χ0) is 8.69. The molecule has 0 spiro atoms. The molecule has 0 bridgehead atoms. The van der Waals surface area contributed by atoms with Crippen LogP contribution in [-0.2, 0) is 4.84 Å². The van der Waals surface area contributed by atoms with Crippen molar-refractivity contribution in [3.8, 4) is 0 Å². The summed E-state index contributed by atoms with van der Waals surface area (Å²) >= 11 is 0. The van der Waals surface area contributed by atoms with Gasteiger partial charge in [0.2, 0.25) is 0 Å². The Kier molecular flexibility index (Phi) is 4.81. The molecule has 0 atom stereocenters. The molecule has 0 unspecified atom stereocenters. The molecule has 0 aromatic rings. The molecule has 1 amide bonds. The van der Waals surface area contributed by atoms with E-state index in [2.05, 4.69) is 21.9 Å². The van der Waals surface area contributed by atoms with E-state index in [4.69, 9.17) is 0 Å². The lowest BCUT2D eigenvalue weighted by molar-refractivity contribution is 0.154. The first-order valence-electron chi connectivity index (χ1n) is 3.32. The quantitative estimate of drug-likeness (QED) is 0.383. The fourth-order valence-corrected chi connectivity index (χ4v) is 0.294. The second-order valence-electron chi connectivity index (χ2n) is 1.91. The largest absolute Gasteiger partial charge is 0.437 e. The van der Waals surface area contributed by atoms with Gasteiger partial charge >= 0.3 is 6.09 Å². The maximum Gasteiger partial charge on any atom is 0.437 e. The van der Waals surface area contributed by atoms with Gasteiger partial charge in [-0.2, -0.15) is 0 Å². The Morgan fingerprint density at radius 3 is 2.91 bits per heavy atom. The molecule has 1 N–H and O–H groups in total. The van der Waals surface area contributed by atoms with Gasteiger partial charge in [-0.25, -0.2) is 4.79 Å². The van der Waals surface area contributed by atoms with Crippen molar-refractivity contribution in [1.29, 1.82) is 0 Å². The van der Waals surface area contributed by atoms with Crippen LogP contribution in [0.3, 0.4) is 0 Å².